The number of carbonyl (C=O) groups is 1. The van der Waals surface area contributed by atoms with Gasteiger partial charge in [0.2, 0.25) is 0 Å². The average molecular weight is 360 g/mol. The highest BCUT2D eigenvalue weighted by Gasteiger charge is 2.28. The molecule has 0 atom stereocenters. The van der Waals surface area contributed by atoms with Gasteiger partial charge in [0, 0.05) is 18.6 Å². The van der Waals surface area contributed by atoms with Crippen LogP contribution in [0.1, 0.15) is 38.2 Å². The lowest BCUT2D eigenvalue weighted by Crippen LogP contribution is -2.50. The van der Waals surface area contributed by atoms with Crippen LogP contribution in [-0.2, 0) is 16.1 Å². The van der Waals surface area contributed by atoms with E-state index in [1.54, 1.807) is 0 Å². The van der Waals surface area contributed by atoms with E-state index in [1.165, 1.54) is 31.5 Å². The highest BCUT2D eigenvalue weighted by Crippen LogP contribution is 2.22. The Morgan fingerprint density at radius 2 is 1.77 bits per heavy atom. The van der Waals surface area contributed by atoms with Crippen molar-refractivity contribution in [1.82, 2.24) is 15.1 Å². The summed E-state index contributed by atoms with van der Waals surface area (Å²) in [4.78, 5) is 16.7. The van der Waals surface area contributed by atoms with Crippen LogP contribution in [0, 0.1) is 0 Å². The molecule has 2 heterocycles. The van der Waals surface area contributed by atoms with Gasteiger partial charge in [-0.1, -0.05) is 30.3 Å². The van der Waals surface area contributed by atoms with Gasteiger partial charge in [0.05, 0.1) is 13.2 Å². The molecule has 1 N–H and O–H groups in total. The minimum Gasteiger partial charge on any atom is -0.465 e. The Hall–Kier alpha value is -1.43. The SMILES string of the molecule is CCOC(=O)CNC1CCN(C2CCN(Cc3ccccc3)CC2)CC1. The number of hydrogen-bond acceptors (Lipinski definition) is 5. The van der Waals surface area contributed by atoms with Gasteiger partial charge in [-0.3, -0.25) is 9.69 Å². The summed E-state index contributed by atoms with van der Waals surface area (Å²) in [5.74, 6) is -0.138. The molecule has 2 saturated heterocycles. The number of carbonyl (C=O) groups excluding carboxylic acids is 1. The maximum absolute atomic E-state index is 11.5. The molecule has 0 aromatic heterocycles. The lowest BCUT2D eigenvalue weighted by Gasteiger charge is -2.42. The number of ether oxygens (including phenoxy) is 1. The molecule has 0 radical (unpaired) electrons. The highest BCUT2D eigenvalue weighted by atomic mass is 16.5. The highest BCUT2D eigenvalue weighted by molar-refractivity contribution is 5.71. The van der Waals surface area contributed by atoms with Crippen LogP contribution in [0.25, 0.3) is 0 Å². The van der Waals surface area contributed by atoms with Gasteiger partial charge in [-0.2, -0.15) is 0 Å². The molecule has 0 saturated carbocycles. The smallest absolute Gasteiger partial charge is 0.319 e. The number of nitrogens with one attached hydrogen (secondary N) is 1. The molecule has 2 fully saturated rings. The van der Waals surface area contributed by atoms with Crippen molar-refractivity contribution in [2.75, 3.05) is 39.3 Å². The molecule has 5 nitrogen and oxygen atoms in total. The minimum atomic E-state index is -0.138. The summed E-state index contributed by atoms with van der Waals surface area (Å²) in [6, 6.07) is 12.0. The fraction of sp³-hybridized carbons (Fsp3) is 0.667. The summed E-state index contributed by atoms with van der Waals surface area (Å²) in [6.45, 7) is 8.40. The van der Waals surface area contributed by atoms with Gasteiger partial charge < -0.3 is 15.0 Å². The number of piperidine rings is 2. The summed E-state index contributed by atoms with van der Waals surface area (Å²) >= 11 is 0. The molecule has 0 unspecified atom stereocenters. The Kier molecular flexibility index (Phi) is 7.47. The average Bonchev–Trinajstić information content (AvgIpc) is 2.69. The predicted molar refractivity (Wildman–Crippen MR) is 104 cm³/mol. The minimum absolute atomic E-state index is 0.138. The summed E-state index contributed by atoms with van der Waals surface area (Å²) in [7, 11) is 0. The van der Waals surface area contributed by atoms with E-state index in [2.05, 4.69) is 45.4 Å². The van der Waals surface area contributed by atoms with Gasteiger partial charge in [-0.25, -0.2) is 0 Å². The van der Waals surface area contributed by atoms with Crippen molar-refractivity contribution in [3.8, 4) is 0 Å². The second kappa shape index (κ2) is 10.0. The lowest BCUT2D eigenvalue weighted by atomic mass is 9.97. The maximum atomic E-state index is 11.5. The van der Waals surface area contributed by atoms with E-state index >= 15 is 0 Å². The van der Waals surface area contributed by atoms with Crippen LogP contribution < -0.4 is 5.32 Å². The quantitative estimate of drug-likeness (QED) is 0.757. The van der Waals surface area contributed by atoms with Crippen molar-refractivity contribution in [2.45, 2.75) is 51.2 Å². The van der Waals surface area contributed by atoms with E-state index in [0.29, 0.717) is 19.2 Å². The number of likely N-dealkylation sites (tertiary alicyclic amines) is 2. The van der Waals surface area contributed by atoms with Gasteiger partial charge in [-0.15, -0.1) is 0 Å². The third-order valence-corrected chi connectivity index (χ3v) is 5.69. The van der Waals surface area contributed by atoms with Crippen LogP contribution >= 0.6 is 0 Å². The van der Waals surface area contributed by atoms with Crippen molar-refractivity contribution < 1.29 is 9.53 Å². The van der Waals surface area contributed by atoms with Crippen LogP contribution in [0.5, 0.6) is 0 Å². The Labute approximate surface area is 157 Å². The first-order valence-electron chi connectivity index (χ1n) is 10.1. The van der Waals surface area contributed by atoms with Crippen molar-refractivity contribution in [2.24, 2.45) is 0 Å². The molecule has 144 valence electrons. The molecular weight excluding hydrogens is 326 g/mol. The second-order valence-electron chi connectivity index (χ2n) is 7.49. The Morgan fingerprint density at radius 3 is 2.42 bits per heavy atom. The summed E-state index contributed by atoms with van der Waals surface area (Å²) in [5, 5.41) is 3.35. The van der Waals surface area contributed by atoms with Gasteiger partial charge in [0.25, 0.3) is 0 Å². The first-order valence-corrected chi connectivity index (χ1v) is 10.1. The van der Waals surface area contributed by atoms with E-state index in [1.807, 2.05) is 6.92 Å². The first-order chi connectivity index (χ1) is 12.7. The summed E-state index contributed by atoms with van der Waals surface area (Å²) in [5.41, 5.74) is 1.42. The molecule has 1 aromatic carbocycles. The number of benzene rings is 1. The topological polar surface area (TPSA) is 44.8 Å². The molecule has 2 aliphatic rings. The standard InChI is InChI=1S/C21H33N3O2/c1-2-26-21(25)16-22-19-8-14-24(15-9-19)20-10-12-23(13-11-20)17-18-6-4-3-5-7-18/h3-7,19-20,22H,2,8-17H2,1H3. The molecule has 0 bridgehead atoms. The first kappa shape index (κ1) is 19.3. The fourth-order valence-electron chi connectivity index (χ4n) is 4.19. The van der Waals surface area contributed by atoms with Crippen molar-refractivity contribution in [1.29, 1.82) is 0 Å². The maximum Gasteiger partial charge on any atom is 0.319 e. The number of nitrogens with zero attached hydrogens (tertiary/aromatic N) is 2. The fourth-order valence-corrected chi connectivity index (χ4v) is 4.19. The molecule has 3 rings (SSSR count). The van der Waals surface area contributed by atoms with E-state index in [0.717, 1.165) is 38.5 Å². The van der Waals surface area contributed by atoms with Gasteiger partial charge in [0.15, 0.2) is 0 Å². The molecule has 2 aliphatic heterocycles. The Morgan fingerprint density at radius 1 is 1.08 bits per heavy atom. The molecule has 1 aromatic rings. The number of esters is 1. The number of rotatable bonds is 7. The molecule has 0 spiro atoms. The molecule has 5 heteroatoms. The molecule has 26 heavy (non-hydrogen) atoms. The van der Waals surface area contributed by atoms with E-state index in [4.69, 9.17) is 4.74 Å². The number of hydrogen-bond donors (Lipinski definition) is 1. The zero-order valence-electron chi connectivity index (χ0n) is 16.0. The van der Waals surface area contributed by atoms with Crippen LogP contribution in [0.15, 0.2) is 30.3 Å². The third-order valence-electron chi connectivity index (χ3n) is 5.69. The van der Waals surface area contributed by atoms with E-state index < -0.39 is 0 Å². The Bertz CT molecular complexity index is 535. The Balaban J connectivity index is 1.34. The van der Waals surface area contributed by atoms with Crippen LogP contribution in [-0.4, -0.2) is 67.2 Å². The normalized spacial score (nSPS) is 21.0. The third kappa shape index (κ3) is 5.79. The molecule has 0 aliphatic carbocycles. The van der Waals surface area contributed by atoms with E-state index in [-0.39, 0.29) is 5.97 Å². The zero-order valence-corrected chi connectivity index (χ0v) is 16.0. The summed E-state index contributed by atoms with van der Waals surface area (Å²) < 4.78 is 4.99. The van der Waals surface area contributed by atoms with Gasteiger partial charge in [-0.05, 0) is 64.3 Å². The summed E-state index contributed by atoms with van der Waals surface area (Å²) in [6.07, 6.45) is 4.80. The lowest BCUT2D eigenvalue weighted by molar-refractivity contribution is -0.142. The zero-order chi connectivity index (χ0) is 18.2. The van der Waals surface area contributed by atoms with Gasteiger partial charge in [0.1, 0.15) is 0 Å². The molecular formula is C21H33N3O2. The second-order valence-corrected chi connectivity index (χ2v) is 7.49. The van der Waals surface area contributed by atoms with Crippen molar-refractivity contribution >= 4 is 5.97 Å². The van der Waals surface area contributed by atoms with Crippen LogP contribution in [0.2, 0.25) is 0 Å². The predicted octanol–water partition coefficient (Wildman–Crippen LogP) is 2.27. The van der Waals surface area contributed by atoms with Crippen molar-refractivity contribution in [3.05, 3.63) is 35.9 Å². The van der Waals surface area contributed by atoms with Gasteiger partial charge >= 0.3 is 5.97 Å². The molecule has 0 amide bonds. The van der Waals surface area contributed by atoms with Crippen LogP contribution in [0.4, 0.5) is 0 Å². The van der Waals surface area contributed by atoms with Crippen LogP contribution in [0.3, 0.4) is 0 Å². The largest absolute Gasteiger partial charge is 0.465 e. The van der Waals surface area contributed by atoms with Crippen molar-refractivity contribution in [3.63, 3.8) is 0 Å². The monoisotopic (exact) mass is 359 g/mol. The van der Waals surface area contributed by atoms with E-state index in [9.17, 15) is 4.79 Å².